The molecule has 0 spiro atoms. The van der Waals surface area contributed by atoms with Gasteiger partial charge in [-0.2, -0.15) is 0 Å². The van der Waals surface area contributed by atoms with Crippen LogP contribution < -0.4 is 0 Å². The van der Waals surface area contributed by atoms with Gasteiger partial charge < -0.3 is 0 Å². The Hall–Kier alpha value is -2.60. The van der Waals surface area contributed by atoms with Crippen LogP contribution in [0.4, 0.5) is 0 Å². The van der Waals surface area contributed by atoms with Crippen LogP contribution in [0.3, 0.4) is 0 Å². The van der Waals surface area contributed by atoms with Crippen LogP contribution in [0.1, 0.15) is 53.9 Å². The van der Waals surface area contributed by atoms with E-state index in [0.717, 1.165) is 5.92 Å². The van der Waals surface area contributed by atoms with Gasteiger partial charge in [-0.15, -0.1) is 0 Å². The maximum atomic E-state index is 2.43. The summed E-state index contributed by atoms with van der Waals surface area (Å²) in [6.45, 7) is 2.43. The average Bonchev–Trinajstić information content (AvgIpc) is 2.73. The molecule has 2 aliphatic rings. The zero-order valence-corrected chi connectivity index (χ0v) is 15.8. The molecule has 0 aromatic heterocycles. The fourth-order valence-electron chi connectivity index (χ4n) is 5.97. The molecule has 3 atom stereocenters. The van der Waals surface area contributed by atoms with E-state index in [1.807, 2.05) is 0 Å². The summed E-state index contributed by atoms with van der Waals surface area (Å²) in [4.78, 5) is 0. The van der Waals surface area contributed by atoms with Gasteiger partial charge in [-0.05, 0) is 74.9 Å². The molecular weight excluding hydrogens is 324 g/mol. The summed E-state index contributed by atoms with van der Waals surface area (Å²) in [5, 5.41) is 5.71. The van der Waals surface area contributed by atoms with Crippen molar-refractivity contribution < 1.29 is 0 Å². The molecule has 0 aliphatic heterocycles. The second-order valence-electron chi connectivity index (χ2n) is 8.56. The normalized spacial score (nSPS) is 23.7. The molecule has 0 saturated carbocycles. The minimum absolute atomic E-state index is 0.539. The Morgan fingerprint density at radius 1 is 0.704 bits per heavy atom. The summed E-state index contributed by atoms with van der Waals surface area (Å²) in [6.07, 6.45) is 3.87. The number of hydrogen-bond acceptors (Lipinski definition) is 0. The van der Waals surface area contributed by atoms with Gasteiger partial charge in [0, 0.05) is 5.92 Å². The lowest BCUT2D eigenvalue weighted by Gasteiger charge is -2.42. The molecule has 0 fully saturated rings. The Morgan fingerprint density at radius 3 is 2.15 bits per heavy atom. The van der Waals surface area contributed by atoms with Crippen molar-refractivity contribution in [2.45, 2.75) is 38.0 Å². The van der Waals surface area contributed by atoms with E-state index >= 15 is 0 Å². The van der Waals surface area contributed by atoms with Gasteiger partial charge in [-0.1, -0.05) is 79.7 Å². The van der Waals surface area contributed by atoms with Crippen LogP contribution in [-0.4, -0.2) is 0 Å². The number of aryl methyl sites for hydroxylation is 1. The SMILES string of the molecule is CC1CC2CCc3ccc4ccccc4c3[C@@H]2c2c1ccc1ccccc21. The Morgan fingerprint density at radius 2 is 1.37 bits per heavy atom. The van der Waals surface area contributed by atoms with E-state index < -0.39 is 0 Å². The molecule has 6 rings (SSSR count). The Balaban J connectivity index is 1.73. The highest BCUT2D eigenvalue weighted by atomic mass is 14.4. The van der Waals surface area contributed by atoms with Gasteiger partial charge in [-0.25, -0.2) is 0 Å². The van der Waals surface area contributed by atoms with Crippen LogP contribution in [0.15, 0.2) is 72.8 Å². The molecule has 2 aliphatic carbocycles. The van der Waals surface area contributed by atoms with Gasteiger partial charge in [0.25, 0.3) is 0 Å². The van der Waals surface area contributed by atoms with Gasteiger partial charge in [0.1, 0.15) is 0 Å². The van der Waals surface area contributed by atoms with Gasteiger partial charge in [0.05, 0.1) is 0 Å². The third-order valence-corrected chi connectivity index (χ3v) is 7.13. The molecule has 2 unspecified atom stereocenters. The predicted molar refractivity (Wildman–Crippen MR) is 115 cm³/mol. The first kappa shape index (κ1) is 15.5. The third-order valence-electron chi connectivity index (χ3n) is 7.13. The maximum absolute atomic E-state index is 2.43. The molecule has 0 N–H and O–H groups in total. The van der Waals surface area contributed by atoms with Crippen LogP contribution in [0.2, 0.25) is 0 Å². The number of benzene rings is 4. The lowest BCUT2D eigenvalue weighted by molar-refractivity contribution is 0.339. The van der Waals surface area contributed by atoms with E-state index in [1.54, 1.807) is 22.3 Å². The predicted octanol–water partition coefficient (Wildman–Crippen LogP) is 7.19. The first-order valence-electron chi connectivity index (χ1n) is 10.3. The van der Waals surface area contributed by atoms with Crippen LogP contribution >= 0.6 is 0 Å². The lowest BCUT2D eigenvalue weighted by Crippen LogP contribution is -2.29. The minimum Gasteiger partial charge on any atom is -0.0616 e. The van der Waals surface area contributed by atoms with Crippen molar-refractivity contribution in [1.82, 2.24) is 0 Å². The molecule has 0 heterocycles. The summed E-state index contributed by atoms with van der Waals surface area (Å²) in [7, 11) is 0. The van der Waals surface area contributed by atoms with E-state index in [-0.39, 0.29) is 0 Å². The van der Waals surface area contributed by atoms with Gasteiger partial charge in [-0.3, -0.25) is 0 Å². The minimum atomic E-state index is 0.539. The molecule has 0 heteroatoms. The largest absolute Gasteiger partial charge is 0.0616 e. The molecule has 0 radical (unpaired) electrons. The molecular formula is C27H24. The lowest BCUT2D eigenvalue weighted by atomic mass is 9.61. The van der Waals surface area contributed by atoms with Crippen molar-refractivity contribution >= 4 is 21.5 Å². The Labute approximate surface area is 160 Å². The number of fused-ring (bicyclic) bond motifs is 9. The van der Waals surface area contributed by atoms with Crippen LogP contribution in [-0.2, 0) is 6.42 Å². The molecule has 0 saturated heterocycles. The highest BCUT2D eigenvalue weighted by molar-refractivity contribution is 5.92. The fraction of sp³-hybridized carbons (Fsp3) is 0.259. The monoisotopic (exact) mass is 348 g/mol. The first-order valence-corrected chi connectivity index (χ1v) is 10.3. The smallest absolute Gasteiger partial charge is 0.0136 e. The average molecular weight is 348 g/mol. The summed E-state index contributed by atoms with van der Waals surface area (Å²) in [5.41, 5.74) is 6.39. The number of hydrogen-bond donors (Lipinski definition) is 0. The van der Waals surface area contributed by atoms with E-state index in [4.69, 9.17) is 0 Å². The van der Waals surface area contributed by atoms with Crippen molar-refractivity contribution in [1.29, 1.82) is 0 Å². The van der Waals surface area contributed by atoms with Crippen LogP contribution in [0.25, 0.3) is 21.5 Å². The zero-order valence-electron chi connectivity index (χ0n) is 15.8. The second-order valence-corrected chi connectivity index (χ2v) is 8.56. The number of rotatable bonds is 0. The Bertz CT molecular complexity index is 1180. The van der Waals surface area contributed by atoms with E-state index in [0.29, 0.717) is 11.8 Å². The van der Waals surface area contributed by atoms with E-state index in [9.17, 15) is 0 Å². The summed E-state index contributed by atoms with van der Waals surface area (Å²) >= 11 is 0. The summed E-state index contributed by atoms with van der Waals surface area (Å²) in [6, 6.07) is 27.5. The third kappa shape index (κ3) is 2.16. The topological polar surface area (TPSA) is 0 Å². The highest BCUT2D eigenvalue weighted by Crippen LogP contribution is 2.54. The quantitative estimate of drug-likeness (QED) is 0.315. The van der Waals surface area contributed by atoms with Crippen molar-refractivity contribution in [3.8, 4) is 0 Å². The van der Waals surface area contributed by atoms with Crippen LogP contribution in [0, 0.1) is 5.92 Å². The van der Waals surface area contributed by atoms with Crippen molar-refractivity contribution in [2.75, 3.05) is 0 Å². The first-order chi connectivity index (χ1) is 13.3. The molecule has 0 bridgehead atoms. The molecule has 27 heavy (non-hydrogen) atoms. The van der Waals surface area contributed by atoms with Gasteiger partial charge >= 0.3 is 0 Å². The van der Waals surface area contributed by atoms with E-state index in [2.05, 4.69) is 79.7 Å². The van der Waals surface area contributed by atoms with E-state index in [1.165, 1.54) is 40.8 Å². The van der Waals surface area contributed by atoms with Crippen LogP contribution in [0.5, 0.6) is 0 Å². The second kappa shape index (κ2) is 5.70. The van der Waals surface area contributed by atoms with Gasteiger partial charge in [0.15, 0.2) is 0 Å². The maximum Gasteiger partial charge on any atom is 0.0136 e. The highest BCUT2D eigenvalue weighted by Gasteiger charge is 2.39. The zero-order chi connectivity index (χ0) is 18.0. The standard InChI is InChI=1S/C27H24/c1-17-16-21-13-12-20-11-10-18-6-2-4-8-23(18)25(20)26(21)27-22(17)15-14-19-7-3-5-9-24(19)27/h2-11,14-15,17,21,26H,12-13,16H2,1H3/t17?,21?,26-/m1/s1. The molecule has 0 amide bonds. The summed E-state index contributed by atoms with van der Waals surface area (Å²) in [5.74, 6) is 1.95. The van der Waals surface area contributed by atoms with Crippen molar-refractivity contribution in [3.63, 3.8) is 0 Å². The Kier molecular flexibility index (Phi) is 3.26. The molecule has 132 valence electrons. The molecule has 0 nitrogen and oxygen atoms in total. The van der Waals surface area contributed by atoms with Crippen molar-refractivity contribution in [3.05, 3.63) is 95.1 Å². The molecule has 4 aromatic carbocycles. The molecule has 4 aromatic rings. The van der Waals surface area contributed by atoms with Gasteiger partial charge in [0.2, 0.25) is 0 Å². The van der Waals surface area contributed by atoms with Crippen molar-refractivity contribution in [2.24, 2.45) is 5.92 Å². The fourth-order valence-corrected chi connectivity index (χ4v) is 5.97. The summed E-state index contributed by atoms with van der Waals surface area (Å²) < 4.78 is 0.